The van der Waals surface area contributed by atoms with E-state index in [4.69, 9.17) is 19.3 Å². The molecule has 1 aromatic heterocycles. The molecule has 0 saturated heterocycles. The number of aliphatic hydroxyl groups excluding tert-OH is 1. The molecule has 0 amide bonds. The maximum atomic E-state index is 10.5. The van der Waals surface area contributed by atoms with Gasteiger partial charge in [-0.2, -0.15) is 5.10 Å². The molecule has 0 radical (unpaired) electrons. The second-order valence-corrected chi connectivity index (χ2v) is 8.67. The number of para-hydroxylation sites is 1. The van der Waals surface area contributed by atoms with Gasteiger partial charge in [-0.25, -0.2) is 4.68 Å². The van der Waals surface area contributed by atoms with Crippen LogP contribution in [0.5, 0.6) is 17.4 Å². The molecule has 0 aliphatic heterocycles. The molecule has 0 unspecified atom stereocenters. The number of hydrogen-bond donors (Lipinski definition) is 1. The summed E-state index contributed by atoms with van der Waals surface area (Å²) in [6.45, 7) is 10.4. The van der Waals surface area contributed by atoms with E-state index in [2.05, 4.69) is 11.8 Å². The summed E-state index contributed by atoms with van der Waals surface area (Å²) in [6.07, 6.45) is 0.493. The minimum atomic E-state index is -0.565. The summed E-state index contributed by atoms with van der Waals surface area (Å²) >= 11 is 0. The summed E-state index contributed by atoms with van der Waals surface area (Å²) in [7, 11) is 1.64. The first kappa shape index (κ1) is 25.7. The number of aromatic nitrogens is 2. The number of aliphatic hydroxyl groups is 1. The van der Waals surface area contributed by atoms with Crippen LogP contribution in [0, 0.1) is 6.92 Å². The van der Waals surface area contributed by atoms with Crippen molar-refractivity contribution in [2.45, 2.75) is 52.9 Å². The summed E-state index contributed by atoms with van der Waals surface area (Å²) in [4.78, 5) is 2.23. The Hall–Kier alpha value is -2.87. The Bertz CT molecular complexity index is 1000. The highest BCUT2D eigenvalue weighted by Crippen LogP contribution is 2.32. The van der Waals surface area contributed by atoms with E-state index in [-0.39, 0.29) is 6.10 Å². The fourth-order valence-corrected chi connectivity index (χ4v) is 3.75. The van der Waals surface area contributed by atoms with E-state index < -0.39 is 6.10 Å². The molecule has 1 N–H and O–H groups in total. The number of rotatable bonds is 13. The van der Waals surface area contributed by atoms with Crippen molar-refractivity contribution in [1.29, 1.82) is 0 Å². The Labute approximate surface area is 202 Å². The lowest BCUT2D eigenvalue weighted by molar-refractivity contribution is -0.00957. The molecule has 0 fully saturated rings. The van der Waals surface area contributed by atoms with E-state index >= 15 is 0 Å². The molecule has 2 aromatic carbocycles. The normalized spacial score (nSPS) is 12.4. The van der Waals surface area contributed by atoms with Crippen molar-refractivity contribution in [1.82, 2.24) is 14.7 Å². The van der Waals surface area contributed by atoms with Gasteiger partial charge in [-0.15, -0.1) is 0 Å². The molecule has 0 spiro atoms. The van der Waals surface area contributed by atoms with Gasteiger partial charge in [0.15, 0.2) is 0 Å². The van der Waals surface area contributed by atoms with Crippen molar-refractivity contribution in [3.05, 3.63) is 65.9 Å². The van der Waals surface area contributed by atoms with Crippen molar-refractivity contribution in [2.75, 3.05) is 26.8 Å². The third-order valence-electron chi connectivity index (χ3n) is 5.42. The van der Waals surface area contributed by atoms with Gasteiger partial charge in [0.25, 0.3) is 0 Å². The number of nitrogens with zero attached hydrogens (tertiary/aromatic N) is 3. The zero-order valence-electron chi connectivity index (χ0n) is 20.9. The van der Waals surface area contributed by atoms with E-state index in [1.165, 1.54) is 0 Å². The topological polar surface area (TPSA) is 69.0 Å². The highest BCUT2D eigenvalue weighted by molar-refractivity contribution is 5.44. The number of methoxy groups -OCH3 is 1. The monoisotopic (exact) mass is 467 g/mol. The van der Waals surface area contributed by atoms with Crippen LogP contribution in [0.2, 0.25) is 0 Å². The molecule has 1 atom stereocenters. The molecule has 0 saturated carbocycles. The van der Waals surface area contributed by atoms with Gasteiger partial charge < -0.3 is 19.3 Å². The lowest BCUT2D eigenvalue weighted by Gasteiger charge is -2.25. The standard InChI is InChI=1S/C27H37N3O4/c1-6-16-29(17-23(31)19-33-20(2)3)18-26-21(4)28-30(22-10-8-7-9-11-22)27(26)34-25-14-12-24(32-5)13-15-25/h7-15,20,23,31H,6,16-19H2,1-5H3/t23-/m1/s1. The zero-order valence-corrected chi connectivity index (χ0v) is 20.9. The fraction of sp³-hybridized carbons (Fsp3) is 0.444. The molecule has 1 heterocycles. The zero-order chi connectivity index (χ0) is 24.5. The first-order valence-corrected chi connectivity index (χ1v) is 11.9. The summed E-state index contributed by atoms with van der Waals surface area (Å²) in [5.74, 6) is 2.14. The van der Waals surface area contributed by atoms with Crippen LogP contribution >= 0.6 is 0 Å². The van der Waals surface area contributed by atoms with Crippen LogP contribution in [0.25, 0.3) is 5.69 Å². The number of benzene rings is 2. The van der Waals surface area contributed by atoms with Gasteiger partial charge in [0, 0.05) is 13.1 Å². The molecule has 0 aliphatic carbocycles. The third kappa shape index (κ3) is 7.06. The average Bonchev–Trinajstić information content (AvgIpc) is 3.13. The minimum Gasteiger partial charge on any atom is -0.497 e. The highest BCUT2D eigenvalue weighted by atomic mass is 16.5. The number of ether oxygens (including phenoxy) is 3. The maximum absolute atomic E-state index is 10.5. The van der Waals surface area contributed by atoms with Crippen LogP contribution in [0.4, 0.5) is 0 Å². The predicted molar refractivity (Wildman–Crippen MR) is 134 cm³/mol. The first-order valence-electron chi connectivity index (χ1n) is 11.9. The Balaban J connectivity index is 1.91. The average molecular weight is 468 g/mol. The van der Waals surface area contributed by atoms with Gasteiger partial charge in [0.1, 0.15) is 11.5 Å². The molecule has 0 bridgehead atoms. The van der Waals surface area contributed by atoms with E-state index in [0.717, 1.165) is 35.7 Å². The van der Waals surface area contributed by atoms with Gasteiger partial charge in [-0.05, 0) is 70.1 Å². The van der Waals surface area contributed by atoms with Gasteiger partial charge in [0.05, 0.1) is 42.9 Å². The molecular weight excluding hydrogens is 430 g/mol. The predicted octanol–water partition coefficient (Wildman–Crippen LogP) is 4.98. The van der Waals surface area contributed by atoms with Crippen LogP contribution < -0.4 is 9.47 Å². The molecular formula is C27H37N3O4. The highest BCUT2D eigenvalue weighted by Gasteiger charge is 2.22. The molecule has 3 rings (SSSR count). The van der Waals surface area contributed by atoms with E-state index in [9.17, 15) is 5.11 Å². The SMILES string of the molecule is CCCN(Cc1c(C)nn(-c2ccccc2)c1Oc1ccc(OC)cc1)C[C@@H](O)COC(C)C. The fourth-order valence-electron chi connectivity index (χ4n) is 3.75. The van der Waals surface area contributed by atoms with Crippen molar-refractivity contribution < 1.29 is 19.3 Å². The van der Waals surface area contributed by atoms with E-state index in [1.807, 2.05) is 80.1 Å². The summed E-state index contributed by atoms with van der Waals surface area (Å²) < 4.78 is 19.1. The van der Waals surface area contributed by atoms with Gasteiger partial charge in [0.2, 0.25) is 5.88 Å². The van der Waals surface area contributed by atoms with Crippen LogP contribution in [0.15, 0.2) is 54.6 Å². The molecule has 7 nitrogen and oxygen atoms in total. The minimum absolute atomic E-state index is 0.0881. The van der Waals surface area contributed by atoms with Crippen molar-refractivity contribution in [2.24, 2.45) is 0 Å². The Kier molecular flexibility index (Phi) is 9.51. The molecule has 0 aliphatic rings. The van der Waals surface area contributed by atoms with Crippen molar-refractivity contribution in [3.8, 4) is 23.1 Å². The van der Waals surface area contributed by atoms with Crippen molar-refractivity contribution >= 4 is 0 Å². The van der Waals surface area contributed by atoms with Crippen LogP contribution in [0.1, 0.15) is 38.4 Å². The quantitative estimate of drug-likeness (QED) is 0.382. The summed E-state index contributed by atoms with van der Waals surface area (Å²) in [6, 6.07) is 17.5. The molecule has 3 aromatic rings. The Morgan fingerprint density at radius 2 is 1.71 bits per heavy atom. The van der Waals surface area contributed by atoms with Gasteiger partial charge in [-0.3, -0.25) is 4.90 Å². The smallest absolute Gasteiger partial charge is 0.227 e. The molecule has 34 heavy (non-hydrogen) atoms. The number of hydrogen-bond acceptors (Lipinski definition) is 6. The summed E-state index contributed by atoms with van der Waals surface area (Å²) in [5, 5.41) is 15.4. The van der Waals surface area contributed by atoms with Crippen LogP contribution in [0.3, 0.4) is 0 Å². The van der Waals surface area contributed by atoms with Gasteiger partial charge >= 0.3 is 0 Å². The first-order chi connectivity index (χ1) is 16.4. The van der Waals surface area contributed by atoms with E-state index in [0.29, 0.717) is 31.3 Å². The molecule has 7 heteroatoms. The van der Waals surface area contributed by atoms with E-state index in [1.54, 1.807) is 7.11 Å². The summed E-state index contributed by atoms with van der Waals surface area (Å²) in [5.41, 5.74) is 2.80. The van der Waals surface area contributed by atoms with Gasteiger partial charge in [-0.1, -0.05) is 25.1 Å². The maximum Gasteiger partial charge on any atom is 0.227 e. The van der Waals surface area contributed by atoms with Crippen LogP contribution in [-0.2, 0) is 11.3 Å². The van der Waals surface area contributed by atoms with Crippen molar-refractivity contribution in [3.63, 3.8) is 0 Å². The molecule has 184 valence electrons. The van der Waals surface area contributed by atoms with Crippen LogP contribution in [-0.4, -0.2) is 58.8 Å². The second kappa shape index (κ2) is 12.6. The lowest BCUT2D eigenvalue weighted by atomic mass is 10.2. The number of aryl methyl sites for hydroxylation is 1. The largest absolute Gasteiger partial charge is 0.497 e. The Morgan fingerprint density at radius 1 is 1.03 bits per heavy atom. The Morgan fingerprint density at radius 3 is 2.32 bits per heavy atom. The lowest BCUT2D eigenvalue weighted by Crippen LogP contribution is -2.35. The third-order valence-corrected chi connectivity index (χ3v) is 5.42. The second-order valence-electron chi connectivity index (χ2n) is 8.67.